The average Bonchev–Trinajstić information content (AvgIpc) is 2.55. The Morgan fingerprint density at radius 2 is 0.724 bits per heavy atom. The minimum atomic E-state index is -4.64. The molecule has 9 nitrogen and oxygen atoms in total. The summed E-state index contributed by atoms with van der Waals surface area (Å²) in [5, 5.41) is 0. The second kappa shape index (κ2) is 24.2. The van der Waals surface area contributed by atoms with Crippen LogP contribution in [-0.2, 0) is 13.9 Å². The molecule has 0 saturated heterocycles. The van der Waals surface area contributed by atoms with Crippen molar-refractivity contribution >= 4 is 21.9 Å². The van der Waals surface area contributed by atoms with Crippen molar-refractivity contribution in [1.82, 2.24) is 0 Å². The lowest BCUT2D eigenvalue weighted by molar-refractivity contribution is -0.107. The van der Waals surface area contributed by atoms with Gasteiger partial charge >= 0.3 is 15.6 Å². The van der Waals surface area contributed by atoms with E-state index in [1.807, 2.05) is 0 Å². The molecule has 0 bridgehead atoms. The van der Waals surface area contributed by atoms with Gasteiger partial charge in [0, 0.05) is 6.42 Å². The average molecular weight is 464 g/mol. The van der Waals surface area contributed by atoms with E-state index in [-0.39, 0.29) is 0 Å². The van der Waals surface area contributed by atoms with Gasteiger partial charge < -0.3 is 34.2 Å². The Hall–Kier alpha value is -0.110. The van der Waals surface area contributed by atoms with Gasteiger partial charge in [-0.2, -0.15) is 0 Å². The van der Waals surface area contributed by atoms with Crippen LogP contribution < -0.4 is 0 Å². The number of phosphoric acid groups is 2. The molecular weight excluding hydrogens is 422 g/mol. The molecule has 0 aromatic carbocycles. The molecule has 0 rings (SSSR count). The predicted octanol–water partition coefficient (Wildman–Crippen LogP) is 4.59. The number of rotatable bonds is 16. The number of unbranched alkanes of at least 4 members (excludes halogenated alkanes) is 15. The van der Waals surface area contributed by atoms with Gasteiger partial charge in [0.05, 0.1) is 0 Å². The Morgan fingerprint density at radius 1 is 0.517 bits per heavy atom. The quantitative estimate of drug-likeness (QED) is 0.108. The van der Waals surface area contributed by atoms with Crippen LogP contribution in [0, 0.1) is 0 Å². The minimum absolute atomic E-state index is 0.762. The van der Waals surface area contributed by atoms with E-state index in [1.165, 1.54) is 89.9 Å². The van der Waals surface area contributed by atoms with E-state index >= 15 is 0 Å². The molecule has 178 valence electrons. The van der Waals surface area contributed by atoms with Crippen LogP contribution in [0.25, 0.3) is 0 Å². The van der Waals surface area contributed by atoms with Crippen LogP contribution in [0.5, 0.6) is 0 Å². The van der Waals surface area contributed by atoms with E-state index in [0.717, 1.165) is 19.1 Å². The predicted molar refractivity (Wildman–Crippen MR) is 114 cm³/mol. The largest absolute Gasteiger partial charge is 0.466 e. The Morgan fingerprint density at radius 3 is 0.931 bits per heavy atom. The topological polar surface area (TPSA) is 173 Å². The molecule has 6 N–H and O–H groups in total. The lowest BCUT2D eigenvalue weighted by Gasteiger charge is -2.02. The number of carbonyl (C=O) groups excluding carboxylic acids is 1. The lowest BCUT2D eigenvalue weighted by Crippen LogP contribution is -1.83. The highest BCUT2D eigenvalue weighted by atomic mass is 31.2. The zero-order valence-corrected chi connectivity index (χ0v) is 19.5. The van der Waals surface area contributed by atoms with Crippen molar-refractivity contribution in [1.29, 1.82) is 0 Å². The molecule has 0 radical (unpaired) electrons. The van der Waals surface area contributed by atoms with Crippen LogP contribution in [0.15, 0.2) is 0 Å². The van der Waals surface area contributed by atoms with Gasteiger partial charge in [-0.25, -0.2) is 9.13 Å². The fourth-order valence-corrected chi connectivity index (χ4v) is 2.60. The highest BCUT2D eigenvalue weighted by Crippen LogP contribution is 2.26. The Bertz CT molecular complexity index is 385. The summed E-state index contributed by atoms with van der Waals surface area (Å²) in [6, 6.07) is 0. The zero-order valence-electron chi connectivity index (χ0n) is 17.7. The highest BCUT2D eigenvalue weighted by Gasteiger charge is 2.00. The van der Waals surface area contributed by atoms with Crippen molar-refractivity contribution < 1.29 is 43.3 Å². The summed E-state index contributed by atoms with van der Waals surface area (Å²) in [6.45, 7) is 2.28. The summed E-state index contributed by atoms with van der Waals surface area (Å²) < 4.78 is 17.8. The first kappa shape index (κ1) is 33.5. The third-order valence-electron chi connectivity index (χ3n) is 3.93. The van der Waals surface area contributed by atoms with Crippen molar-refractivity contribution in [2.24, 2.45) is 0 Å². The molecule has 11 heteroatoms. The van der Waals surface area contributed by atoms with Gasteiger partial charge in [0.2, 0.25) is 0 Å². The highest BCUT2D eigenvalue weighted by molar-refractivity contribution is 7.45. The molecule has 29 heavy (non-hydrogen) atoms. The van der Waals surface area contributed by atoms with E-state index in [4.69, 9.17) is 38.5 Å². The van der Waals surface area contributed by atoms with Crippen LogP contribution in [0.1, 0.15) is 110 Å². The molecule has 0 aliphatic heterocycles. The smallest absolute Gasteiger partial charge is 0.303 e. The van der Waals surface area contributed by atoms with Crippen molar-refractivity contribution in [3.05, 3.63) is 0 Å². The van der Waals surface area contributed by atoms with Crippen LogP contribution in [0.3, 0.4) is 0 Å². The maximum Gasteiger partial charge on any atom is 0.466 e. The maximum absolute atomic E-state index is 10.1. The summed E-state index contributed by atoms with van der Waals surface area (Å²) in [6.07, 6.45) is 22.6. The summed E-state index contributed by atoms with van der Waals surface area (Å²) in [5.41, 5.74) is 0. The summed E-state index contributed by atoms with van der Waals surface area (Å²) >= 11 is 0. The summed E-state index contributed by atoms with van der Waals surface area (Å²) in [4.78, 5) is 53.3. The van der Waals surface area contributed by atoms with Crippen LogP contribution in [0.4, 0.5) is 0 Å². The fourth-order valence-electron chi connectivity index (χ4n) is 2.60. The second-order valence-electron chi connectivity index (χ2n) is 6.93. The van der Waals surface area contributed by atoms with Gasteiger partial charge in [0.25, 0.3) is 0 Å². The van der Waals surface area contributed by atoms with Gasteiger partial charge in [-0.3, -0.25) is 0 Å². The molecule has 0 atom stereocenters. The second-order valence-corrected chi connectivity index (χ2v) is 8.98. The zero-order chi connectivity index (χ0) is 23.0. The van der Waals surface area contributed by atoms with E-state index in [9.17, 15) is 4.79 Å². The Kier molecular flexibility index (Phi) is 27.9. The third kappa shape index (κ3) is 74.0. The molecule has 0 aliphatic rings. The van der Waals surface area contributed by atoms with Crippen LogP contribution >= 0.6 is 15.6 Å². The third-order valence-corrected chi connectivity index (χ3v) is 3.93. The molecule has 0 aromatic rings. The molecule has 0 unspecified atom stereocenters. The van der Waals surface area contributed by atoms with Gasteiger partial charge in [-0.1, -0.05) is 96.8 Å². The molecule has 0 fully saturated rings. The van der Waals surface area contributed by atoms with Crippen molar-refractivity contribution in [2.45, 2.75) is 110 Å². The number of aldehydes is 1. The van der Waals surface area contributed by atoms with Gasteiger partial charge in [-0.05, 0) is 6.42 Å². The van der Waals surface area contributed by atoms with Gasteiger partial charge in [0.15, 0.2) is 0 Å². The van der Waals surface area contributed by atoms with E-state index in [1.54, 1.807) is 0 Å². The van der Waals surface area contributed by atoms with Crippen LogP contribution in [0.2, 0.25) is 0 Å². The van der Waals surface area contributed by atoms with Crippen molar-refractivity contribution in [2.75, 3.05) is 0 Å². The molecule has 0 amide bonds. The number of hydrogen-bond acceptors (Lipinski definition) is 3. The van der Waals surface area contributed by atoms with Crippen LogP contribution in [-0.4, -0.2) is 35.6 Å². The van der Waals surface area contributed by atoms with Gasteiger partial charge in [0.1, 0.15) is 6.29 Å². The number of carbonyl (C=O) groups is 1. The molecular formula is C18H42O9P2. The SMILES string of the molecule is CCCCCCCCCCCCCCCCCC=O.O=P(O)(O)O.O=P(O)(O)O. The molecule has 0 heterocycles. The van der Waals surface area contributed by atoms with E-state index in [2.05, 4.69) is 6.92 Å². The first-order chi connectivity index (χ1) is 13.4. The monoisotopic (exact) mass is 464 g/mol. The van der Waals surface area contributed by atoms with Crippen molar-refractivity contribution in [3.8, 4) is 0 Å². The standard InChI is InChI=1S/C18H36O.2H3O4P/c1-2-3-4-5-6-7-8-9-10-11-12-13-14-15-16-17-18-19;2*1-5(2,3)4/h18H,2-17H2,1H3;2*(H3,1,2,3,4). The van der Waals surface area contributed by atoms with E-state index in [0.29, 0.717) is 0 Å². The first-order valence-corrected chi connectivity index (χ1v) is 13.5. The Balaban J connectivity index is -0.000000555. The first-order valence-electron chi connectivity index (χ1n) is 10.4. The Labute approximate surface area is 175 Å². The molecule has 0 spiro atoms. The fraction of sp³-hybridized carbons (Fsp3) is 0.944. The van der Waals surface area contributed by atoms with Crippen molar-refractivity contribution in [3.63, 3.8) is 0 Å². The summed E-state index contributed by atoms with van der Waals surface area (Å²) in [7, 11) is -9.28. The minimum Gasteiger partial charge on any atom is -0.303 e. The molecule has 0 aromatic heterocycles. The van der Waals surface area contributed by atoms with Gasteiger partial charge in [-0.15, -0.1) is 0 Å². The lowest BCUT2D eigenvalue weighted by atomic mass is 10.0. The normalized spacial score (nSPS) is 11.1. The maximum atomic E-state index is 10.1. The molecule has 0 saturated carbocycles. The molecule has 0 aliphatic carbocycles. The number of hydrogen-bond donors (Lipinski definition) is 6. The van der Waals surface area contributed by atoms with E-state index < -0.39 is 15.6 Å². The summed E-state index contributed by atoms with van der Waals surface area (Å²) in [5.74, 6) is 0.